The molecule has 1 saturated heterocycles. The third-order valence-electron chi connectivity index (χ3n) is 3.97. The van der Waals surface area contributed by atoms with Crippen LogP contribution >= 0.6 is 0 Å². The molecule has 1 aromatic carbocycles. The molecule has 1 aliphatic heterocycles. The number of rotatable bonds is 1. The molecule has 1 aliphatic rings. The van der Waals surface area contributed by atoms with Crippen LogP contribution < -0.4 is 10.6 Å². The molecule has 0 aliphatic carbocycles. The monoisotopic (exact) mass is 255 g/mol. The number of nitrogens with zero attached hydrogens (tertiary/aromatic N) is 2. The molecule has 1 atom stereocenters. The van der Waals surface area contributed by atoms with Gasteiger partial charge in [0.05, 0.1) is 0 Å². The quantitative estimate of drug-likeness (QED) is 0.794. The smallest absolute Gasteiger partial charge is 0.136 e. The lowest BCUT2D eigenvalue weighted by molar-refractivity contribution is 0.445. The topological polar surface area (TPSA) is 42.1 Å². The number of aryl methyl sites for hydroxylation is 1. The molecule has 1 aromatic heterocycles. The van der Waals surface area contributed by atoms with Gasteiger partial charge >= 0.3 is 0 Å². The molecule has 2 heterocycles. The first-order valence-electron chi connectivity index (χ1n) is 7.06. The Hall–Kier alpha value is -1.77. The number of nitrogens with two attached hydrogens (primary N) is 1. The van der Waals surface area contributed by atoms with Crippen molar-refractivity contribution in [2.45, 2.75) is 26.7 Å². The van der Waals surface area contributed by atoms with E-state index in [1.54, 1.807) is 0 Å². The number of aromatic nitrogens is 1. The predicted octanol–water partition coefficient (Wildman–Crippen LogP) is 3.36. The summed E-state index contributed by atoms with van der Waals surface area (Å²) in [5.74, 6) is 1.85. The molecule has 100 valence electrons. The molecule has 2 N–H and O–H groups in total. The predicted molar refractivity (Wildman–Crippen MR) is 81.5 cm³/mol. The van der Waals surface area contributed by atoms with E-state index in [-0.39, 0.29) is 0 Å². The molecule has 1 fully saturated rings. The maximum atomic E-state index is 6.10. The van der Waals surface area contributed by atoms with E-state index in [1.165, 1.54) is 18.2 Å². The molecule has 3 heteroatoms. The lowest BCUT2D eigenvalue weighted by Gasteiger charge is -2.32. The van der Waals surface area contributed by atoms with E-state index in [9.17, 15) is 0 Å². The Kier molecular flexibility index (Phi) is 3.05. The maximum Gasteiger partial charge on any atom is 0.136 e. The van der Waals surface area contributed by atoms with Gasteiger partial charge in [-0.1, -0.05) is 19.1 Å². The Balaban J connectivity index is 2.14. The van der Waals surface area contributed by atoms with Crippen LogP contribution in [0.25, 0.3) is 10.8 Å². The summed E-state index contributed by atoms with van der Waals surface area (Å²) in [7, 11) is 0. The third kappa shape index (κ3) is 2.25. The summed E-state index contributed by atoms with van der Waals surface area (Å²) in [5, 5.41) is 2.31. The highest BCUT2D eigenvalue weighted by molar-refractivity contribution is 5.99. The van der Waals surface area contributed by atoms with Gasteiger partial charge in [0.1, 0.15) is 5.82 Å². The van der Waals surface area contributed by atoms with Crippen molar-refractivity contribution in [1.29, 1.82) is 0 Å². The summed E-state index contributed by atoms with van der Waals surface area (Å²) in [6.07, 6.45) is 2.57. The van der Waals surface area contributed by atoms with Crippen LogP contribution in [0.4, 0.5) is 11.5 Å². The van der Waals surface area contributed by atoms with Crippen molar-refractivity contribution in [3.05, 3.63) is 30.0 Å². The minimum absolute atomic E-state index is 0.743. The SMILES string of the molecule is Cc1cc2c(N)cccc2c(N2CCCC(C)C2)n1. The molecule has 3 nitrogen and oxygen atoms in total. The average Bonchev–Trinajstić information content (AvgIpc) is 2.39. The highest BCUT2D eigenvalue weighted by Crippen LogP contribution is 2.31. The zero-order valence-electron chi connectivity index (χ0n) is 11.7. The van der Waals surface area contributed by atoms with Crippen LogP contribution in [0.3, 0.4) is 0 Å². The van der Waals surface area contributed by atoms with Gasteiger partial charge in [0.25, 0.3) is 0 Å². The summed E-state index contributed by atoms with van der Waals surface area (Å²) in [4.78, 5) is 7.19. The molecule has 0 bridgehead atoms. The van der Waals surface area contributed by atoms with Crippen molar-refractivity contribution in [3.63, 3.8) is 0 Å². The first-order valence-corrected chi connectivity index (χ1v) is 7.06. The first-order chi connectivity index (χ1) is 9.15. The van der Waals surface area contributed by atoms with Crippen molar-refractivity contribution >= 4 is 22.3 Å². The lowest BCUT2D eigenvalue weighted by Crippen LogP contribution is -2.35. The number of anilines is 2. The Labute approximate surface area is 114 Å². The van der Waals surface area contributed by atoms with Crippen molar-refractivity contribution in [3.8, 4) is 0 Å². The Bertz CT molecular complexity index is 606. The van der Waals surface area contributed by atoms with Crippen LogP contribution in [0.2, 0.25) is 0 Å². The highest BCUT2D eigenvalue weighted by Gasteiger charge is 2.20. The maximum absolute atomic E-state index is 6.10. The van der Waals surface area contributed by atoms with Gasteiger partial charge in [0.15, 0.2) is 0 Å². The van der Waals surface area contributed by atoms with Gasteiger partial charge in [-0.2, -0.15) is 0 Å². The van der Waals surface area contributed by atoms with Crippen molar-refractivity contribution in [2.75, 3.05) is 23.7 Å². The van der Waals surface area contributed by atoms with Crippen LogP contribution in [0.15, 0.2) is 24.3 Å². The second kappa shape index (κ2) is 4.72. The highest BCUT2D eigenvalue weighted by atomic mass is 15.2. The molecule has 2 aromatic rings. The van der Waals surface area contributed by atoms with Crippen LogP contribution in [-0.4, -0.2) is 18.1 Å². The standard InChI is InChI=1S/C16H21N3/c1-11-5-4-8-19(10-11)16-13-6-3-7-15(17)14(13)9-12(2)18-16/h3,6-7,9,11H,4-5,8,10,17H2,1-2H3. The fourth-order valence-electron chi connectivity index (χ4n) is 3.03. The van der Waals surface area contributed by atoms with Crippen molar-refractivity contribution < 1.29 is 0 Å². The minimum atomic E-state index is 0.743. The number of nitrogen functional groups attached to an aromatic ring is 1. The molecular formula is C16H21N3. The molecule has 19 heavy (non-hydrogen) atoms. The number of benzene rings is 1. The summed E-state index contributed by atoms with van der Waals surface area (Å²) < 4.78 is 0. The second-order valence-corrected chi connectivity index (χ2v) is 5.72. The van der Waals surface area contributed by atoms with E-state index in [2.05, 4.69) is 24.0 Å². The zero-order valence-corrected chi connectivity index (χ0v) is 11.7. The summed E-state index contributed by atoms with van der Waals surface area (Å²) in [6.45, 7) is 6.56. The van der Waals surface area contributed by atoms with Crippen LogP contribution in [0, 0.1) is 12.8 Å². The summed E-state index contributed by atoms with van der Waals surface area (Å²) in [5.41, 5.74) is 7.99. The Morgan fingerprint density at radius 1 is 1.32 bits per heavy atom. The number of pyridine rings is 1. The van der Waals surface area contributed by atoms with E-state index in [1.807, 2.05) is 19.1 Å². The summed E-state index contributed by atoms with van der Waals surface area (Å²) in [6, 6.07) is 8.20. The molecule has 0 radical (unpaired) electrons. The lowest BCUT2D eigenvalue weighted by atomic mass is 9.99. The normalized spacial score (nSPS) is 19.9. The fourth-order valence-corrected chi connectivity index (χ4v) is 3.03. The largest absolute Gasteiger partial charge is 0.398 e. The van der Waals surface area contributed by atoms with Crippen LogP contribution in [0.1, 0.15) is 25.5 Å². The van der Waals surface area contributed by atoms with Gasteiger partial charge < -0.3 is 10.6 Å². The van der Waals surface area contributed by atoms with E-state index in [0.717, 1.165) is 41.6 Å². The van der Waals surface area contributed by atoms with Gasteiger partial charge in [-0.25, -0.2) is 4.98 Å². The molecule has 1 unspecified atom stereocenters. The molecule has 3 rings (SSSR count). The number of fused-ring (bicyclic) bond motifs is 1. The van der Waals surface area contributed by atoms with Gasteiger partial charge in [-0.05, 0) is 37.8 Å². The number of hydrogen-bond donors (Lipinski definition) is 1. The third-order valence-corrected chi connectivity index (χ3v) is 3.97. The van der Waals surface area contributed by atoms with E-state index < -0.39 is 0 Å². The van der Waals surface area contributed by atoms with E-state index in [0.29, 0.717) is 0 Å². The molecule has 0 saturated carbocycles. The van der Waals surface area contributed by atoms with Gasteiger partial charge in [0.2, 0.25) is 0 Å². The van der Waals surface area contributed by atoms with E-state index >= 15 is 0 Å². The van der Waals surface area contributed by atoms with E-state index in [4.69, 9.17) is 10.7 Å². The molecule has 0 amide bonds. The number of hydrogen-bond acceptors (Lipinski definition) is 3. The minimum Gasteiger partial charge on any atom is -0.398 e. The molecule has 0 spiro atoms. The Morgan fingerprint density at radius 3 is 2.95 bits per heavy atom. The number of piperidine rings is 1. The first kappa shape index (κ1) is 12.3. The molecular weight excluding hydrogens is 234 g/mol. The fraction of sp³-hybridized carbons (Fsp3) is 0.438. The van der Waals surface area contributed by atoms with Gasteiger partial charge in [-0.3, -0.25) is 0 Å². The average molecular weight is 255 g/mol. The Morgan fingerprint density at radius 2 is 2.16 bits per heavy atom. The second-order valence-electron chi connectivity index (χ2n) is 5.72. The van der Waals surface area contributed by atoms with Crippen molar-refractivity contribution in [1.82, 2.24) is 4.98 Å². The zero-order chi connectivity index (χ0) is 13.4. The van der Waals surface area contributed by atoms with Crippen LogP contribution in [0.5, 0.6) is 0 Å². The van der Waals surface area contributed by atoms with Gasteiger partial charge in [-0.15, -0.1) is 0 Å². The van der Waals surface area contributed by atoms with Crippen LogP contribution in [-0.2, 0) is 0 Å². The van der Waals surface area contributed by atoms with Gasteiger partial charge in [0, 0.05) is 35.2 Å². The summed E-state index contributed by atoms with van der Waals surface area (Å²) >= 11 is 0. The van der Waals surface area contributed by atoms with Crippen molar-refractivity contribution in [2.24, 2.45) is 5.92 Å².